The molecular weight excluding hydrogens is 220 g/mol. The van der Waals surface area contributed by atoms with E-state index in [-0.39, 0.29) is 0 Å². The van der Waals surface area contributed by atoms with Gasteiger partial charge >= 0.3 is 0 Å². The molecule has 0 spiro atoms. The lowest BCUT2D eigenvalue weighted by Gasteiger charge is -2.06. The molecule has 0 aliphatic rings. The van der Waals surface area contributed by atoms with Crippen molar-refractivity contribution in [3.05, 3.63) is 48.3 Å². The molecule has 78 valence electrons. The molecule has 0 saturated carbocycles. The molecule has 2 nitrogen and oxygen atoms in total. The molecule has 16 heavy (non-hydrogen) atoms. The molecule has 3 aromatic rings. The van der Waals surface area contributed by atoms with Crippen LogP contribution in [0.4, 0.5) is 0 Å². The van der Waals surface area contributed by atoms with Gasteiger partial charge in [-0.3, -0.25) is 0 Å². The van der Waals surface area contributed by atoms with E-state index in [9.17, 15) is 0 Å². The molecule has 1 aromatic carbocycles. The molecule has 3 heteroatoms. The Labute approximate surface area is 97.9 Å². The average Bonchev–Trinajstić information content (AvgIpc) is 2.38. The number of aromatic nitrogens is 2. The van der Waals surface area contributed by atoms with Gasteiger partial charge < -0.3 is 0 Å². The highest BCUT2D eigenvalue weighted by molar-refractivity contribution is 6.18. The van der Waals surface area contributed by atoms with Gasteiger partial charge in [0.2, 0.25) is 0 Å². The lowest BCUT2D eigenvalue weighted by Crippen LogP contribution is -1.92. The number of alkyl halides is 1. The zero-order valence-electron chi connectivity index (χ0n) is 8.52. The highest BCUT2D eigenvalue weighted by Crippen LogP contribution is 2.25. The molecule has 0 radical (unpaired) electrons. The molecule has 0 saturated heterocycles. The van der Waals surface area contributed by atoms with E-state index in [1.165, 1.54) is 0 Å². The van der Waals surface area contributed by atoms with Gasteiger partial charge in [0.25, 0.3) is 0 Å². The first-order valence-corrected chi connectivity index (χ1v) is 5.62. The molecule has 0 bridgehead atoms. The second kappa shape index (κ2) is 3.72. The van der Waals surface area contributed by atoms with Crippen molar-refractivity contribution in [3.63, 3.8) is 0 Å². The summed E-state index contributed by atoms with van der Waals surface area (Å²) in [6.07, 6.45) is 1.75. The van der Waals surface area contributed by atoms with Crippen LogP contribution in [-0.2, 0) is 5.88 Å². The third-order valence-electron chi connectivity index (χ3n) is 2.68. The quantitative estimate of drug-likeness (QED) is 0.471. The Morgan fingerprint density at radius 3 is 2.50 bits per heavy atom. The van der Waals surface area contributed by atoms with Crippen molar-refractivity contribution in [1.82, 2.24) is 9.97 Å². The third-order valence-corrected chi connectivity index (χ3v) is 2.94. The maximum atomic E-state index is 5.92. The summed E-state index contributed by atoms with van der Waals surface area (Å²) in [6.45, 7) is 0. The topological polar surface area (TPSA) is 25.8 Å². The number of hydrogen-bond acceptors (Lipinski definition) is 2. The molecule has 0 aliphatic heterocycles. The van der Waals surface area contributed by atoms with Crippen LogP contribution in [0.15, 0.2) is 42.6 Å². The van der Waals surface area contributed by atoms with Crippen LogP contribution < -0.4 is 0 Å². The van der Waals surface area contributed by atoms with Crippen LogP contribution in [0.3, 0.4) is 0 Å². The minimum absolute atomic E-state index is 0.410. The fourth-order valence-corrected chi connectivity index (χ4v) is 2.16. The van der Waals surface area contributed by atoms with E-state index in [0.29, 0.717) is 5.88 Å². The Balaban J connectivity index is 2.57. The predicted molar refractivity (Wildman–Crippen MR) is 66.6 cm³/mol. The van der Waals surface area contributed by atoms with Crippen LogP contribution in [0, 0.1) is 0 Å². The largest absolute Gasteiger partial charge is 0.237 e. The van der Waals surface area contributed by atoms with Gasteiger partial charge in [0, 0.05) is 17.0 Å². The Morgan fingerprint density at radius 2 is 1.69 bits per heavy atom. The Bertz CT molecular complexity index is 664. The Kier molecular flexibility index (Phi) is 2.22. The van der Waals surface area contributed by atoms with E-state index in [2.05, 4.69) is 16.0 Å². The first-order valence-electron chi connectivity index (χ1n) is 5.08. The molecule has 2 aromatic heterocycles. The van der Waals surface area contributed by atoms with Gasteiger partial charge in [0.05, 0.1) is 11.6 Å². The van der Waals surface area contributed by atoms with Crippen LogP contribution in [-0.4, -0.2) is 9.97 Å². The third kappa shape index (κ3) is 1.34. The van der Waals surface area contributed by atoms with Gasteiger partial charge in [0.15, 0.2) is 5.65 Å². The monoisotopic (exact) mass is 228 g/mol. The van der Waals surface area contributed by atoms with E-state index >= 15 is 0 Å². The van der Waals surface area contributed by atoms with Gasteiger partial charge in [-0.25, -0.2) is 9.97 Å². The van der Waals surface area contributed by atoms with Gasteiger partial charge in [-0.1, -0.05) is 24.3 Å². The van der Waals surface area contributed by atoms with E-state index in [1.807, 2.05) is 30.3 Å². The van der Waals surface area contributed by atoms with Crippen molar-refractivity contribution >= 4 is 33.4 Å². The SMILES string of the molecule is ClCc1nc2ncccc2c2ccccc12. The van der Waals surface area contributed by atoms with Crippen LogP contribution in [0.2, 0.25) is 0 Å². The smallest absolute Gasteiger partial charge is 0.160 e. The minimum atomic E-state index is 0.410. The zero-order chi connectivity index (χ0) is 11.0. The Hall–Kier alpha value is -1.67. The first-order chi connectivity index (χ1) is 7.90. The highest BCUT2D eigenvalue weighted by atomic mass is 35.5. The molecule has 0 amide bonds. The fraction of sp³-hybridized carbons (Fsp3) is 0.0769. The number of nitrogens with zero attached hydrogens (tertiary/aromatic N) is 2. The van der Waals surface area contributed by atoms with E-state index in [0.717, 1.165) is 27.5 Å². The first kappa shape index (κ1) is 9.55. The second-order valence-corrected chi connectivity index (χ2v) is 3.88. The normalized spacial score (nSPS) is 11.1. The number of pyridine rings is 2. The molecule has 0 aliphatic carbocycles. The summed E-state index contributed by atoms with van der Waals surface area (Å²) in [5, 5.41) is 3.35. The van der Waals surface area contributed by atoms with Gasteiger partial charge in [-0.05, 0) is 17.5 Å². The van der Waals surface area contributed by atoms with Gasteiger partial charge in [-0.15, -0.1) is 11.6 Å². The predicted octanol–water partition coefficient (Wildman–Crippen LogP) is 3.52. The van der Waals surface area contributed by atoms with Crippen molar-refractivity contribution in [1.29, 1.82) is 0 Å². The van der Waals surface area contributed by atoms with Crippen molar-refractivity contribution in [2.24, 2.45) is 0 Å². The van der Waals surface area contributed by atoms with Crippen molar-refractivity contribution in [2.75, 3.05) is 0 Å². The molecule has 0 unspecified atom stereocenters. The zero-order valence-corrected chi connectivity index (χ0v) is 9.28. The molecule has 0 N–H and O–H groups in total. The molecule has 0 fully saturated rings. The fourth-order valence-electron chi connectivity index (χ4n) is 1.96. The lowest BCUT2D eigenvalue weighted by atomic mass is 10.1. The standard InChI is InChI=1S/C13H9ClN2/c14-8-12-10-5-2-1-4-9(10)11-6-3-7-15-13(11)16-12/h1-7H,8H2. The number of halogens is 1. The lowest BCUT2D eigenvalue weighted by molar-refractivity contribution is 1.20. The van der Waals surface area contributed by atoms with Crippen LogP contribution in [0.1, 0.15) is 5.69 Å². The van der Waals surface area contributed by atoms with Crippen LogP contribution in [0.5, 0.6) is 0 Å². The van der Waals surface area contributed by atoms with Gasteiger partial charge in [-0.2, -0.15) is 0 Å². The summed E-state index contributed by atoms with van der Waals surface area (Å²) < 4.78 is 0. The highest BCUT2D eigenvalue weighted by Gasteiger charge is 2.06. The summed E-state index contributed by atoms with van der Waals surface area (Å²) in [5.41, 5.74) is 1.65. The molecule has 2 heterocycles. The number of rotatable bonds is 1. The molecule has 3 rings (SSSR count). The maximum Gasteiger partial charge on any atom is 0.160 e. The van der Waals surface area contributed by atoms with Crippen molar-refractivity contribution in [3.8, 4) is 0 Å². The van der Waals surface area contributed by atoms with Crippen LogP contribution >= 0.6 is 11.6 Å². The summed E-state index contributed by atoms with van der Waals surface area (Å²) in [6, 6.07) is 12.1. The second-order valence-electron chi connectivity index (χ2n) is 3.61. The van der Waals surface area contributed by atoms with E-state index < -0.39 is 0 Å². The summed E-state index contributed by atoms with van der Waals surface area (Å²) in [7, 11) is 0. The van der Waals surface area contributed by atoms with Crippen molar-refractivity contribution in [2.45, 2.75) is 5.88 Å². The minimum Gasteiger partial charge on any atom is -0.237 e. The maximum absolute atomic E-state index is 5.92. The summed E-state index contributed by atoms with van der Waals surface area (Å²) >= 11 is 5.92. The molecular formula is C13H9ClN2. The number of fused-ring (bicyclic) bond motifs is 3. The van der Waals surface area contributed by atoms with Gasteiger partial charge in [0.1, 0.15) is 0 Å². The average molecular weight is 229 g/mol. The number of hydrogen-bond donors (Lipinski definition) is 0. The summed E-state index contributed by atoms with van der Waals surface area (Å²) in [4.78, 5) is 8.75. The van der Waals surface area contributed by atoms with E-state index in [4.69, 9.17) is 11.6 Å². The van der Waals surface area contributed by atoms with Crippen molar-refractivity contribution < 1.29 is 0 Å². The Morgan fingerprint density at radius 1 is 0.938 bits per heavy atom. The van der Waals surface area contributed by atoms with Crippen LogP contribution in [0.25, 0.3) is 21.8 Å². The van der Waals surface area contributed by atoms with E-state index in [1.54, 1.807) is 6.20 Å². The number of benzene rings is 1. The molecule has 0 atom stereocenters. The summed E-state index contributed by atoms with van der Waals surface area (Å²) in [5.74, 6) is 0.410.